The molecule has 0 bridgehead atoms. The average molecular weight is 1250 g/mol. The highest BCUT2D eigenvalue weighted by atomic mass is 16.6. The molecule has 0 spiro atoms. The average Bonchev–Trinajstić information content (AvgIpc) is 1.28. The Labute approximate surface area is 525 Å². The number of ether oxygens (including phenoxy) is 8. The van der Waals surface area contributed by atoms with Gasteiger partial charge in [0, 0.05) is 113 Å². The zero-order valence-corrected chi connectivity index (χ0v) is 52.7. The number of carboxylic acids is 1. The van der Waals surface area contributed by atoms with E-state index >= 15 is 0 Å². The van der Waals surface area contributed by atoms with Crippen LogP contribution in [0.1, 0.15) is 99.1 Å². The van der Waals surface area contributed by atoms with Gasteiger partial charge in [-0.3, -0.25) is 19.7 Å². The van der Waals surface area contributed by atoms with E-state index in [0.717, 1.165) is 63.0 Å². The highest BCUT2D eigenvalue weighted by molar-refractivity contribution is 6.12. The van der Waals surface area contributed by atoms with Crippen molar-refractivity contribution in [3.63, 3.8) is 0 Å². The van der Waals surface area contributed by atoms with Crippen molar-refractivity contribution in [1.82, 2.24) is 49.4 Å². The summed E-state index contributed by atoms with van der Waals surface area (Å²) in [5.41, 5.74) is 1.18. The number of anilines is 1. The van der Waals surface area contributed by atoms with Crippen LogP contribution in [0, 0.1) is 0 Å². The van der Waals surface area contributed by atoms with Gasteiger partial charge in [-0.2, -0.15) is 5.21 Å². The molecule has 11 rings (SSSR count). The van der Waals surface area contributed by atoms with Gasteiger partial charge in [0.15, 0.2) is 23.0 Å². The number of carbonyl (C=O) groups is 4. The summed E-state index contributed by atoms with van der Waals surface area (Å²) in [6.07, 6.45) is 2.25. The van der Waals surface area contributed by atoms with Crippen LogP contribution >= 0.6 is 0 Å². The van der Waals surface area contributed by atoms with E-state index in [-0.39, 0.29) is 52.5 Å². The van der Waals surface area contributed by atoms with Crippen LogP contribution in [0.2, 0.25) is 0 Å². The van der Waals surface area contributed by atoms with Gasteiger partial charge in [0.25, 0.3) is 23.0 Å². The topological polar surface area (TPSA) is 286 Å². The molecule has 0 unspecified atom stereocenters. The van der Waals surface area contributed by atoms with Crippen LogP contribution in [0.5, 0.6) is 34.5 Å². The minimum absolute atomic E-state index is 0.00535. The van der Waals surface area contributed by atoms with Gasteiger partial charge in [-0.25, -0.2) is 14.4 Å². The number of amides is 3. The van der Waals surface area contributed by atoms with E-state index in [4.69, 9.17) is 37.9 Å². The number of tetrazole rings is 1. The van der Waals surface area contributed by atoms with Gasteiger partial charge in [0.2, 0.25) is 0 Å². The van der Waals surface area contributed by atoms with Crippen molar-refractivity contribution in [2.75, 3.05) is 85.2 Å². The number of benzene rings is 4. The lowest BCUT2D eigenvalue weighted by Crippen LogP contribution is -2.49. The smallest absolute Gasteiger partial charge is 0.410 e. The maximum absolute atomic E-state index is 13.5. The van der Waals surface area contributed by atoms with Crippen molar-refractivity contribution in [3.8, 4) is 34.5 Å². The van der Waals surface area contributed by atoms with E-state index in [1.165, 1.54) is 19.2 Å². The lowest BCUT2D eigenvalue weighted by molar-refractivity contribution is 0.00468. The molecular formula is C65H79N11O15. The van der Waals surface area contributed by atoms with E-state index in [0.29, 0.717) is 122 Å². The number of hydrogen-bond acceptors (Lipinski definition) is 19. The van der Waals surface area contributed by atoms with E-state index in [1.54, 1.807) is 52.6 Å². The number of rotatable bonds is 17. The van der Waals surface area contributed by atoms with Crippen LogP contribution < -0.4 is 44.9 Å². The Morgan fingerprint density at radius 3 is 1.42 bits per heavy atom. The molecule has 2 saturated heterocycles. The van der Waals surface area contributed by atoms with E-state index < -0.39 is 23.1 Å². The maximum atomic E-state index is 13.5. The number of hydrogen-bond donors (Lipinski definition) is 3. The summed E-state index contributed by atoms with van der Waals surface area (Å²) in [6, 6.07) is 24.3. The Balaban J connectivity index is 0.000000201. The fraction of sp³-hybridized carbons (Fsp3) is 0.462. The van der Waals surface area contributed by atoms with Crippen molar-refractivity contribution in [1.29, 1.82) is 0 Å². The molecule has 4 aromatic carbocycles. The first-order valence-electron chi connectivity index (χ1n) is 30.5. The zero-order valence-electron chi connectivity index (χ0n) is 52.7. The summed E-state index contributed by atoms with van der Waals surface area (Å²) >= 11 is 0. The number of H-pyrrole nitrogens is 1. The fourth-order valence-electron chi connectivity index (χ4n) is 11.7. The molecule has 0 aliphatic carbocycles. The van der Waals surface area contributed by atoms with Crippen LogP contribution in [-0.4, -0.2) is 182 Å². The highest BCUT2D eigenvalue weighted by Gasteiger charge is 2.34. The molecule has 4 aliphatic rings. The van der Waals surface area contributed by atoms with Crippen molar-refractivity contribution in [3.05, 3.63) is 128 Å². The van der Waals surface area contributed by atoms with Crippen molar-refractivity contribution >= 4 is 51.8 Å². The maximum Gasteiger partial charge on any atom is 0.410 e. The third kappa shape index (κ3) is 16.1. The number of fused-ring (bicyclic) bond motifs is 4. The number of aromatic carboxylic acids is 1. The van der Waals surface area contributed by atoms with Gasteiger partial charge < -0.3 is 71.7 Å². The van der Waals surface area contributed by atoms with Crippen LogP contribution in [0.4, 0.5) is 15.5 Å². The number of piperidine rings is 2. The molecule has 3 amide bonds. The third-order valence-electron chi connectivity index (χ3n) is 16.1. The fourth-order valence-corrected chi connectivity index (χ4v) is 11.7. The molecular weight excluding hydrogens is 1170 g/mol. The van der Waals surface area contributed by atoms with Crippen molar-refractivity contribution in [2.45, 2.75) is 117 Å². The van der Waals surface area contributed by atoms with Crippen LogP contribution in [0.25, 0.3) is 21.8 Å². The number of aromatic nitrogens is 6. The molecule has 3 aromatic heterocycles. The third-order valence-corrected chi connectivity index (χ3v) is 16.1. The Morgan fingerprint density at radius 2 is 1.01 bits per heavy atom. The van der Waals surface area contributed by atoms with E-state index in [1.807, 2.05) is 87.7 Å². The number of carbonyl (C=O) groups excluding carboxylic acids is 3. The number of methoxy groups -OCH3 is 2. The predicted octanol–water partition coefficient (Wildman–Crippen LogP) is 7.83. The summed E-state index contributed by atoms with van der Waals surface area (Å²) in [6.45, 7) is 18.8. The lowest BCUT2D eigenvalue weighted by Gasteiger charge is -2.39. The Kier molecular flexibility index (Phi) is 20.0. The SMILES string of the molecule is COc1ccc2c(C(=O)Nc3nn[nH]n3)cc(=O)n(CCN3CCC(N(Cc4ccc5c(c4)OCCO5)C(=O)OC(C)(C)C)CC3)c2c1.COc1ccc2c(C(=O)O)cc(=O)n(CCN3CCC(N(Cc4ccc5c(c4)OCCO5)C(=O)OC(C)(C)C)CC3)c2c1. The van der Waals surface area contributed by atoms with Gasteiger partial charge in [0.05, 0.1) is 36.4 Å². The molecule has 2 fully saturated rings. The van der Waals surface area contributed by atoms with Gasteiger partial charge in [0.1, 0.15) is 49.1 Å². The molecule has 91 heavy (non-hydrogen) atoms. The minimum atomic E-state index is -1.15. The number of pyridine rings is 2. The zero-order chi connectivity index (χ0) is 64.6. The monoisotopic (exact) mass is 1250 g/mol. The first-order chi connectivity index (χ1) is 43.6. The summed E-state index contributed by atoms with van der Waals surface area (Å²) in [4.78, 5) is 86.3. The lowest BCUT2D eigenvalue weighted by atomic mass is 10.0. The summed E-state index contributed by atoms with van der Waals surface area (Å²) in [5.74, 6) is 2.21. The molecule has 484 valence electrons. The first kappa shape index (κ1) is 64.6. The van der Waals surface area contributed by atoms with E-state index in [9.17, 15) is 33.9 Å². The Bertz CT molecular complexity index is 3880. The van der Waals surface area contributed by atoms with E-state index in [2.05, 4.69) is 35.7 Å². The number of nitrogens with one attached hydrogen (secondary N) is 2. The van der Waals surface area contributed by atoms with Crippen LogP contribution in [-0.2, 0) is 35.7 Å². The molecule has 0 saturated carbocycles. The van der Waals surface area contributed by atoms with Gasteiger partial charge >= 0.3 is 18.2 Å². The summed E-state index contributed by atoms with van der Waals surface area (Å²) in [7, 11) is 3.08. The van der Waals surface area contributed by atoms with Gasteiger partial charge in [-0.15, -0.1) is 5.10 Å². The Morgan fingerprint density at radius 1 is 0.582 bits per heavy atom. The van der Waals surface area contributed by atoms with Gasteiger partial charge in [-0.1, -0.05) is 17.2 Å². The second kappa shape index (κ2) is 28.2. The van der Waals surface area contributed by atoms with Crippen molar-refractivity contribution in [2.24, 2.45) is 0 Å². The van der Waals surface area contributed by atoms with Crippen molar-refractivity contribution < 1.29 is 62.2 Å². The molecule has 0 radical (unpaired) electrons. The van der Waals surface area contributed by atoms with Crippen LogP contribution in [0.15, 0.2) is 94.5 Å². The summed E-state index contributed by atoms with van der Waals surface area (Å²) < 4.78 is 48.5. The number of nitrogens with zero attached hydrogens (tertiary/aromatic N) is 9. The summed E-state index contributed by atoms with van der Waals surface area (Å²) in [5, 5.41) is 26.5. The predicted molar refractivity (Wildman–Crippen MR) is 336 cm³/mol. The molecule has 7 aromatic rings. The molecule has 0 atom stereocenters. The standard InChI is InChI=1S/C33H40N8O7.C32H39N3O8/c1-33(2,3)48-32(44)41(20-21-5-8-27-28(17-21)47-16-15-46-27)22-9-11-39(12-10-22)13-14-40-26-18-23(45-4)6-7-24(26)25(19-29(40)42)30(43)34-31-35-37-38-36-31;1-32(2,3)43-31(39)35(20-21-5-8-27-28(17-21)42-16-15-41-27)22-9-11-33(12-10-22)13-14-34-26-18-23(40-4)6-7-24(26)25(30(37)38)19-29(34)36/h5-8,17-19,22H,9-16,20H2,1-4H3,(H2,34,35,36,37,38,43);5-8,17-19,22H,9-16,20H2,1-4H3,(H,37,38). The molecule has 7 heterocycles. The Hall–Kier alpha value is -9.43. The minimum Gasteiger partial charge on any atom is -0.497 e. The number of aromatic amines is 1. The number of carboxylic acid groups (broad SMARTS) is 1. The first-order valence-corrected chi connectivity index (χ1v) is 30.5. The largest absolute Gasteiger partial charge is 0.497 e. The highest BCUT2D eigenvalue weighted by Crippen LogP contribution is 2.35. The quantitative estimate of drug-likeness (QED) is 0.0782. The molecule has 3 N–H and O–H groups in total. The number of likely N-dealkylation sites (tertiary alicyclic amines) is 2. The normalized spacial score (nSPS) is 15.5. The second-order valence-electron chi connectivity index (χ2n) is 24.7. The molecule has 4 aliphatic heterocycles. The second-order valence-corrected chi connectivity index (χ2v) is 24.7. The molecule has 26 nitrogen and oxygen atoms in total. The van der Waals surface area contributed by atoms with Crippen LogP contribution in [0.3, 0.4) is 0 Å². The molecule has 26 heteroatoms. The van der Waals surface area contributed by atoms with Gasteiger partial charge in [-0.05, 0) is 132 Å².